The van der Waals surface area contributed by atoms with Gasteiger partial charge in [0.1, 0.15) is 0 Å². The summed E-state index contributed by atoms with van der Waals surface area (Å²) in [5.41, 5.74) is 0. The summed E-state index contributed by atoms with van der Waals surface area (Å²) in [4.78, 5) is 13.1. The second-order valence-electron chi connectivity index (χ2n) is 5.12. The van der Waals surface area contributed by atoms with Crippen LogP contribution in [0, 0.1) is 5.92 Å². The monoisotopic (exact) mass is 244 g/mol. The quantitative estimate of drug-likeness (QED) is 0.620. The Morgan fingerprint density at radius 2 is 2.18 bits per heavy atom. The van der Waals surface area contributed by atoms with Gasteiger partial charge in [0.15, 0.2) is 0 Å². The number of carbonyl (C=O) groups is 1. The zero-order valence-electron chi connectivity index (χ0n) is 10.7. The Kier molecular flexibility index (Phi) is 5.88. The van der Waals surface area contributed by atoms with Crippen molar-refractivity contribution < 1.29 is 15.0 Å². The predicted molar refractivity (Wildman–Crippen MR) is 65.9 cm³/mol. The second-order valence-corrected chi connectivity index (χ2v) is 5.12. The van der Waals surface area contributed by atoms with Crippen molar-refractivity contribution in [3.63, 3.8) is 0 Å². The smallest absolute Gasteiger partial charge is 0.303 e. The third-order valence-electron chi connectivity index (χ3n) is 3.30. The number of piperidine rings is 1. The Morgan fingerprint density at radius 3 is 2.71 bits per heavy atom. The minimum absolute atomic E-state index is 0.127. The van der Waals surface area contributed by atoms with E-state index in [1.165, 1.54) is 0 Å². The van der Waals surface area contributed by atoms with Crippen molar-refractivity contribution in [3.05, 3.63) is 0 Å². The molecule has 0 radical (unpaired) electrons. The van der Waals surface area contributed by atoms with Crippen LogP contribution in [0.25, 0.3) is 0 Å². The molecule has 2 atom stereocenters. The highest BCUT2D eigenvalue weighted by Crippen LogP contribution is 2.21. The van der Waals surface area contributed by atoms with Gasteiger partial charge in [0.05, 0.1) is 6.61 Å². The minimum atomic E-state index is -0.721. The Morgan fingerprint density at radius 1 is 1.47 bits per heavy atom. The summed E-state index contributed by atoms with van der Waals surface area (Å²) < 4.78 is 0. The van der Waals surface area contributed by atoms with Crippen molar-refractivity contribution in [1.82, 2.24) is 10.2 Å². The summed E-state index contributed by atoms with van der Waals surface area (Å²) in [6, 6.07) is 0.729. The number of carboxylic acids is 1. The van der Waals surface area contributed by atoms with E-state index in [1.54, 1.807) is 0 Å². The van der Waals surface area contributed by atoms with Crippen LogP contribution in [-0.2, 0) is 4.79 Å². The molecular weight excluding hydrogens is 220 g/mol. The van der Waals surface area contributed by atoms with Crippen molar-refractivity contribution >= 4 is 5.97 Å². The molecule has 0 aromatic carbocycles. The van der Waals surface area contributed by atoms with Crippen LogP contribution in [-0.4, -0.2) is 59.4 Å². The van der Waals surface area contributed by atoms with Gasteiger partial charge in [0.25, 0.3) is 0 Å². The van der Waals surface area contributed by atoms with Crippen molar-refractivity contribution in [2.24, 2.45) is 5.92 Å². The molecule has 1 rings (SSSR count). The molecule has 17 heavy (non-hydrogen) atoms. The average Bonchev–Trinajstić information content (AvgIpc) is 2.25. The molecule has 0 spiro atoms. The first-order valence-electron chi connectivity index (χ1n) is 6.33. The summed E-state index contributed by atoms with van der Waals surface area (Å²) in [5.74, 6) is -0.513. The fraction of sp³-hybridized carbons (Fsp3) is 0.917. The number of aliphatic hydroxyl groups excluding tert-OH is 1. The molecule has 100 valence electrons. The van der Waals surface area contributed by atoms with Crippen molar-refractivity contribution in [1.29, 1.82) is 0 Å². The molecule has 5 heteroatoms. The molecule has 0 aromatic heterocycles. The van der Waals surface area contributed by atoms with Gasteiger partial charge in [0, 0.05) is 38.1 Å². The Bertz CT molecular complexity index is 246. The van der Waals surface area contributed by atoms with E-state index in [2.05, 4.69) is 24.1 Å². The largest absolute Gasteiger partial charge is 0.481 e. The zero-order chi connectivity index (χ0) is 12.8. The van der Waals surface area contributed by atoms with Gasteiger partial charge in [0.2, 0.25) is 0 Å². The SMILES string of the molecule is CC(C)N1CC(CC(=O)O)CC(NCCO)C1. The molecule has 5 nitrogen and oxygen atoms in total. The van der Waals surface area contributed by atoms with E-state index in [4.69, 9.17) is 10.2 Å². The molecule has 0 bridgehead atoms. The van der Waals surface area contributed by atoms with Crippen LogP contribution in [0.5, 0.6) is 0 Å². The number of aliphatic carboxylic acids is 1. The van der Waals surface area contributed by atoms with E-state index >= 15 is 0 Å². The normalized spacial score (nSPS) is 26.4. The van der Waals surface area contributed by atoms with Crippen molar-refractivity contribution in [2.75, 3.05) is 26.2 Å². The number of aliphatic hydroxyl groups is 1. The number of carboxylic acid groups (broad SMARTS) is 1. The minimum Gasteiger partial charge on any atom is -0.481 e. The number of hydrogen-bond acceptors (Lipinski definition) is 4. The summed E-state index contributed by atoms with van der Waals surface area (Å²) in [5, 5.41) is 21.0. The first kappa shape index (κ1) is 14.4. The van der Waals surface area contributed by atoms with Crippen molar-refractivity contribution in [3.8, 4) is 0 Å². The standard InChI is InChI=1S/C12H24N2O3/c1-9(2)14-7-10(6-12(16)17)5-11(8-14)13-3-4-15/h9-11,13,15H,3-8H2,1-2H3,(H,16,17). The maximum atomic E-state index is 10.8. The molecule has 1 saturated heterocycles. The lowest BCUT2D eigenvalue weighted by Gasteiger charge is -2.40. The molecule has 3 N–H and O–H groups in total. The molecule has 1 aliphatic heterocycles. The molecule has 1 heterocycles. The van der Waals surface area contributed by atoms with E-state index < -0.39 is 5.97 Å². The summed E-state index contributed by atoms with van der Waals surface area (Å²) in [6.45, 7) is 6.77. The number of likely N-dealkylation sites (tertiary alicyclic amines) is 1. The summed E-state index contributed by atoms with van der Waals surface area (Å²) in [7, 11) is 0. The summed E-state index contributed by atoms with van der Waals surface area (Å²) in [6.07, 6.45) is 1.12. The Hall–Kier alpha value is -0.650. The Labute approximate surface area is 103 Å². The number of rotatable bonds is 6. The van der Waals surface area contributed by atoms with Crippen LogP contribution < -0.4 is 5.32 Å². The van der Waals surface area contributed by atoms with E-state index in [1.807, 2.05) is 0 Å². The van der Waals surface area contributed by atoms with E-state index in [0.29, 0.717) is 18.6 Å². The van der Waals surface area contributed by atoms with Gasteiger partial charge in [-0.3, -0.25) is 9.69 Å². The van der Waals surface area contributed by atoms with Gasteiger partial charge in [-0.1, -0.05) is 0 Å². The molecule has 0 amide bonds. The molecular formula is C12H24N2O3. The highest BCUT2D eigenvalue weighted by molar-refractivity contribution is 5.67. The highest BCUT2D eigenvalue weighted by Gasteiger charge is 2.29. The zero-order valence-corrected chi connectivity index (χ0v) is 10.7. The van der Waals surface area contributed by atoms with E-state index in [-0.39, 0.29) is 18.9 Å². The molecule has 0 aromatic rings. The van der Waals surface area contributed by atoms with Crippen LogP contribution in [0.3, 0.4) is 0 Å². The first-order chi connectivity index (χ1) is 8.02. The fourth-order valence-electron chi connectivity index (χ4n) is 2.47. The topological polar surface area (TPSA) is 72.8 Å². The molecule has 1 fully saturated rings. The lowest BCUT2D eigenvalue weighted by molar-refractivity contribution is -0.138. The van der Waals surface area contributed by atoms with Gasteiger partial charge in [-0.05, 0) is 26.2 Å². The molecule has 0 aliphatic carbocycles. The number of nitrogens with one attached hydrogen (secondary N) is 1. The van der Waals surface area contributed by atoms with Gasteiger partial charge in [-0.15, -0.1) is 0 Å². The molecule has 1 aliphatic rings. The Balaban J connectivity index is 2.52. The van der Waals surface area contributed by atoms with Gasteiger partial charge < -0.3 is 15.5 Å². The fourth-order valence-corrected chi connectivity index (χ4v) is 2.47. The van der Waals surface area contributed by atoms with Crippen LogP contribution in [0.1, 0.15) is 26.7 Å². The summed E-state index contributed by atoms with van der Waals surface area (Å²) >= 11 is 0. The number of hydrogen-bond donors (Lipinski definition) is 3. The maximum Gasteiger partial charge on any atom is 0.303 e. The molecule has 0 saturated carbocycles. The van der Waals surface area contributed by atoms with E-state index in [9.17, 15) is 4.79 Å². The predicted octanol–water partition coefficient (Wildman–Crippen LogP) is 0.142. The third-order valence-corrected chi connectivity index (χ3v) is 3.30. The first-order valence-corrected chi connectivity index (χ1v) is 6.33. The maximum absolute atomic E-state index is 10.8. The van der Waals surface area contributed by atoms with E-state index in [0.717, 1.165) is 19.5 Å². The highest BCUT2D eigenvalue weighted by atomic mass is 16.4. The van der Waals surface area contributed by atoms with Crippen LogP contribution in [0.2, 0.25) is 0 Å². The van der Waals surface area contributed by atoms with Crippen LogP contribution in [0.4, 0.5) is 0 Å². The third kappa shape index (κ3) is 5.02. The average molecular weight is 244 g/mol. The molecule has 2 unspecified atom stereocenters. The van der Waals surface area contributed by atoms with Crippen LogP contribution in [0.15, 0.2) is 0 Å². The lowest BCUT2D eigenvalue weighted by atomic mass is 9.90. The van der Waals surface area contributed by atoms with Gasteiger partial charge in [-0.2, -0.15) is 0 Å². The van der Waals surface area contributed by atoms with Crippen LogP contribution >= 0.6 is 0 Å². The number of nitrogens with zero attached hydrogens (tertiary/aromatic N) is 1. The second kappa shape index (κ2) is 6.93. The lowest BCUT2D eigenvalue weighted by Crippen LogP contribution is -2.52. The van der Waals surface area contributed by atoms with Crippen molar-refractivity contribution in [2.45, 2.75) is 38.8 Å². The van der Waals surface area contributed by atoms with Gasteiger partial charge in [-0.25, -0.2) is 0 Å². The van der Waals surface area contributed by atoms with Gasteiger partial charge >= 0.3 is 5.97 Å².